The first-order valence-corrected chi connectivity index (χ1v) is 9.93. The van der Waals surface area contributed by atoms with Crippen LogP contribution in [0.1, 0.15) is 29.5 Å². The van der Waals surface area contributed by atoms with E-state index in [2.05, 4.69) is 6.07 Å². The van der Waals surface area contributed by atoms with E-state index in [0.29, 0.717) is 18.2 Å². The number of aliphatic carboxylic acids is 1. The Morgan fingerprint density at radius 3 is 2.79 bits per heavy atom. The molecule has 28 heavy (non-hydrogen) atoms. The van der Waals surface area contributed by atoms with Crippen LogP contribution in [0.4, 0.5) is 0 Å². The lowest BCUT2D eigenvalue weighted by atomic mass is 9.74. The Labute approximate surface area is 169 Å². The molecular weight excluding hydrogens is 378 g/mol. The van der Waals surface area contributed by atoms with Crippen LogP contribution in [0.3, 0.4) is 0 Å². The summed E-state index contributed by atoms with van der Waals surface area (Å²) in [5, 5.41) is 9.73. The standard InChI is InChI=1S/C22H24ClNO4/c1-15-3-2-4-19(23)17(15)13-27-16-5-6-20-18(11-16)22(14-28-20)7-9-24(10-8-22)12-21(25)26/h2-6,11H,7-10,12-14H2,1H3,(H,25,26). The van der Waals surface area contributed by atoms with Crippen molar-refractivity contribution < 1.29 is 19.4 Å². The minimum Gasteiger partial charge on any atom is -0.492 e. The summed E-state index contributed by atoms with van der Waals surface area (Å²) >= 11 is 6.31. The highest BCUT2D eigenvalue weighted by molar-refractivity contribution is 6.31. The molecule has 0 radical (unpaired) electrons. The van der Waals surface area contributed by atoms with Crippen LogP contribution in [0.5, 0.6) is 11.5 Å². The quantitative estimate of drug-likeness (QED) is 0.819. The SMILES string of the molecule is Cc1cccc(Cl)c1COc1ccc2c(c1)C1(CCN(CC(=O)O)CC1)CO2. The van der Waals surface area contributed by atoms with Crippen molar-refractivity contribution in [1.82, 2.24) is 4.90 Å². The number of hydrogen-bond acceptors (Lipinski definition) is 4. The maximum atomic E-state index is 11.0. The monoisotopic (exact) mass is 401 g/mol. The molecule has 2 aliphatic heterocycles. The van der Waals surface area contributed by atoms with Gasteiger partial charge >= 0.3 is 5.97 Å². The topological polar surface area (TPSA) is 59.0 Å². The van der Waals surface area contributed by atoms with Gasteiger partial charge in [0.15, 0.2) is 0 Å². The number of fused-ring (bicyclic) bond motifs is 2. The van der Waals surface area contributed by atoms with Gasteiger partial charge in [-0.2, -0.15) is 0 Å². The molecule has 0 amide bonds. The van der Waals surface area contributed by atoms with Crippen LogP contribution >= 0.6 is 11.6 Å². The zero-order valence-corrected chi connectivity index (χ0v) is 16.7. The number of benzene rings is 2. The molecular formula is C22H24ClNO4. The fraction of sp³-hybridized carbons (Fsp3) is 0.409. The maximum Gasteiger partial charge on any atom is 0.317 e. The van der Waals surface area contributed by atoms with E-state index in [1.54, 1.807) is 0 Å². The number of carboxylic acid groups (broad SMARTS) is 1. The van der Waals surface area contributed by atoms with Crippen LogP contribution in [-0.4, -0.2) is 42.2 Å². The molecule has 0 atom stereocenters. The van der Waals surface area contributed by atoms with Crippen molar-refractivity contribution in [3.8, 4) is 11.5 Å². The summed E-state index contributed by atoms with van der Waals surface area (Å²) in [6.07, 6.45) is 1.78. The summed E-state index contributed by atoms with van der Waals surface area (Å²) in [5.41, 5.74) is 3.23. The van der Waals surface area contributed by atoms with Crippen molar-refractivity contribution in [2.45, 2.75) is 31.8 Å². The minimum atomic E-state index is -0.774. The molecule has 0 saturated carbocycles. The van der Waals surface area contributed by atoms with Gasteiger partial charge in [0.2, 0.25) is 0 Å². The van der Waals surface area contributed by atoms with E-state index >= 15 is 0 Å². The molecule has 0 aromatic heterocycles. The fourth-order valence-electron chi connectivity index (χ4n) is 4.18. The second-order valence-corrected chi connectivity index (χ2v) is 8.13. The van der Waals surface area contributed by atoms with Gasteiger partial charge in [-0.3, -0.25) is 9.69 Å². The molecule has 2 heterocycles. The average molecular weight is 402 g/mol. The first-order valence-electron chi connectivity index (χ1n) is 9.55. The van der Waals surface area contributed by atoms with Gasteiger partial charge in [-0.1, -0.05) is 23.7 Å². The Morgan fingerprint density at radius 2 is 2.07 bits per heavy atom. The van der Waals surface area contributed by atoms with Gasteiger partial charge in [0.05, 0.1) is 13.2 Å². The molecule has 2 aromatic rings. The highest BCUT2D eigenvalue weighted by Gasteiger charge is 2.43. The number of hydrogen-bond donors (Lipinski definition) is 1. The van der Waals surface area contributed by atoms with E-state index in [0.717, 1.165) is 48.6 Å². The van der Waals surface area contributed by atoms with E-state index in [4.69, 9.17) is 26.2 Å². The Balaban J connectivity index is 1.49. The second kappa shape index (κ2) is 7.64. The molecule has 148 valence electrons. The number of carbonyl (C=O) groups is 1. The molecule has 4 rings (SSSR count). The lowest BCUT2D eigenvalue weighted by molar-refractivity contribution is -0.138. The lowest BCUT2D eigenvalue weighted by Crippen LogP contribution is -2.45. The van der Waals surface area contributed by atoms with Crippen LogP contribution < -0.4 is 9.47 Å². The molecule has 1 N–H and O–H groups in total. The number of aryl methyl sites for hydroxylation is 1. The number of carboxylic acids is 1. The number of likely N-dealkylation sites (tertiary alicyclic amines) is 1. The Bertz CT molecular complexity index is 870. The highest BCUT2D eigenvalue weighted by atomic mass is 35.5. The van der Waals surface area contributed by atoms with E-state index in [9.17, 15) is 4.79 Å². The van der Waals surface area contributed by atoms with Crippen molar-refractivity contribution in [2.24, 2.45) is 0 Å². The molecule has 0 unspecified atom stereocenters. The predicted octanol–water partition coefficient (Wildman–Crippen LogP) is 4.04. The van der Waals surface area contributed by atoms with Crippen LogP contribution in [0.25, 0.3) is 0 Å². The first-order chi connectivity index (χ1) is 13.5. The smallest absolute Gasteiger partial charge is 0.317 e. The van der Waals surface area contributed by atoms with Gasteiger partial charge in [-0.25, -0.2) is 0 Å². The molecule has 5 nitrogen and oxygen atoms in total. The minimum absolute atomic E-state index is 0.0516. The molecule has 1 fully saturated rings. The van der Waals surface area contributed by atoms with Crippen molar-refractivity contribution in [2.75, 3.05) is 26.2 Å². The number of halogens is 1. The third-order valence-corrected chi connectivity index (χ3v) is 6.29. The summed E-state index contributed by atoms with van der Waals surface area (Å²) in [5.74, 6) is 0.938. The van der Waals surface area contributed by atoms with Gasteiger partial charge in [-0.05, 0) is 62.7 Å². The summed E-state index contributed by atoms with van der Waals surface area (Å²) in [6.45, 7) is 4.73. The van der Waals surface area contributed by atoms with Crippen molar-refractivity contribution in [3.05, 3.63) is 58.1 Å². The molecule has 0 bridgehead atoms. The third-order valence-electron chi connectivity index (χ3n) is 5.93. The van der Waals surface area contributed by atoms with E-state index in [1.165, 1.54) is 5.56 Å². The van der Waals surface area contributed by atoms with Crippen LogP contribution in [0.2, 0.25) is 5.02 Å². The van der Waals surface area contributed by atoms with Crippen LogP contribution in [0, 0.1) is 6.92 Å². The van der Waals surface area contributed by atoms with Gasteiger partial charge in [-0.15, -0.1) is 0 Å². The Morgan fingerprint density at radius 1 is 1.29 bits per heavy atom. The summed E-state index contributed by atoms with van der Waals surface area (Å²) in [4.78, 5) is 13.0. The molecule has 1 spiro atoms. The zero-order chi connectivity index (χ0) is 19.7. The molecule has 2 aromatic carbocycles. The molecule has 2 aliphatic rings. The fourth-order valence-corrected chi connectivity index (χ4v) is 4.46. The summed E-state index contributed by atoms with van der Waals surface area (Å²) in [6, 6.07) is 11.8. The first kappa shape index (κ1) is 19.1. The second-order valence-electron chi connectivity index (χ2n) is 7.72. The number of ether oxygens (including phenoxy) is 2. The summed E-state index contributed by atoms with van der Waals surface area (Å²) in [7, 11) is 0. The average Bonchev–Trinajstić information content (AvgIpc) is 3.01. The number of nitrogens with zero attached hydrogens (tertiary/aromatic N) is 1. The van der Waals surface area contributed by atoms with Crippen LogP contribution in [0.15, 0.2) is 36.4 Å². The van der Waals surface area contributed by atoms with Gasteiger partial charge < -0.3 is 14.6 Å². The van der Waals surface area contributed by atoms with Gasteiger partial charge in [0.1, 0.15) is 18.1 Å². The van der Waals surface area contributed by atoms with Crippen LogP contribution in [-0.2, 0) is 16.8 Å². The normalized spacial score (nSPS) is 17.9. The van der Waals surface area contributed by atoms with Crippen molar-refractivity contribution >= 4 is 17.6 Å². The molecule has 1 saturated heterocycles. The third kappa shape index (κ3) is 3.69. The highest BCUT2D eigenvalue weighted by Crippen LogP contribution is 2.46. The number of piperidine rings is 1. The largest absolute Gasteiger partial charge is 0.492 e. The lowest BCUT2D eigenvalue weighted by Gasteiger charge is -2.37. The Kier molecular flexibility index (Phi) is 5.21. The maximum absolute atomic E-state index is 11.0. The van der Waals surface area contributed by atoms with E-state index in [1.807, 2.05) is 42.2 Å². The van der Waals surface area contributed by atoms with E-state index in [-0.39, 0.29) is 12.0 Å². The van der Waals surface area contributed by atoms with E-state index < -0.39 is 5.97 Å². The van der Waals surface area contributed by atoms with Crippen molar-refractivity contribution in [1.29, 1.82) is 0 Å². The summed E-state index contributed by atoms with van der Waals surface area (Å²) < 4.78 is 12.0. The van der Waals surface area contributed by atoms with Gasteiger partial charge in [0.25, 0.3) is 0 Å². The number of rotatable bonds is 5. The van der Waals surface area contributed by atoms with Gasteiger partial charge in [0, 0.05) is 21.6 Å². The Hall–Kier alpha value is -2.24. The zero-order valence-electron chi connectivity index (χ0n) is 15.9. The molecule has 6 heteroatoms. The van der Waals surface area contributed by atoms with Crippen molar-refractivity contribution in [3.63, 3.8) is 0 Å². The predicted molar refractivity (Wildman–Crippen MR) is 107 cm³/mol. The molecule has 0 aliphatic carbocycles.